The van der Waals surface area contributed by atoms with E-state index in [1.807, 2.05) is 13.0 Å². The van der Waals surface area contributed by atoms with E-state index in [4.69, 9.17) is 10.3 Å². The van der Waals surface area contributed by atoms with Crippen LogP contribution in [0.15, 0.2) is 28.8 Å². The summed E-state index contributed by atoms with van der Waals surface area (Å²) in [4.78, 5) is 13.6. The van der Waals surface area contributed by atoms with Gasteiger partial charge in [-0.15, -0.1) is 0 Å². The molecule has 0 spiro atoms. The zero-order valence-electron chi connectivity index (χ0n) is 11.8. The minimum Gasteiger partial charge on any atom is -0.399 e. The topological polar surface area (TPSA) is 84.4 Å². The number of aromatic nitrogens is 1. The highest BCUT2D eigenvalue weighted by atomic mass is 16.5. The second-order valence-corrected chi connectivity index (χ2v) is 4.79. The summed E-state index contributed by atoms with van der Waals surface area (Å²) < 4.78 is 5.00. The van der Waals surface area contributed by atoms with Crippen molar-refractivity contribution in [3.05, 3.63) is 41.3 Å². The summed E-state index contributed by atoms with van der Waals surface area (Å²) in [7, 11) is 3.42. The van der Waals surface area contributed by atoms with Crippen LogP contribution < -0.4 is 11.1 Å². The van der Waals surface area contributed by atoms with Gasteiger partial charge in [-0.25, -0.2) is 0 Å². The number of carbonyl (C=O) groups is 1. The number of benzene rings is 1. The van der Waals surface area contributed by atoms with Crippen molar-refractivity contribution in [2.24, 2.45) is 0 Å². The third kappa shape index (κ3) is 3.09. The zero-order chi connectivity index (χ0) is 14.7. The molecule has 0 aliphatic heterocycles. The van der Waals surface area contributed by atoms with Crippen molar-refractivity contribution in [1.82, 2.24) is 10.1 Å². The van der Waals surface area contributed by atoms with Crippen LogP contribution in [0.1, 0.15) is 21.8 Å². The molecule has 0 unspecified atom stereocenters. The monoisotopic (exact) mass is 274 g/mol. The van der Waals surface area contributed by atoms with Crippen LogP contribution in [0, 0.1) is 6.92 Å². The predicted molar refractivity (Wildman–Crippen MR) is 77.4 cm³/mol. The molecular weight excluding hydrogens is 256 g/mol. The normalized spacial score (nSPS) is 10.3. The van der Waals surface area contributed by atoms with Crippen LogP contribution >= 0.6 is 0 Å². The van der Waals surface area contributed by atoms with Crippen molar-refractivity contribution < 1.29 is 9.32 Å². The SMILES string of the molecule is Cc1cc(CNc2cc(N)ccc2C(=O)N(C)C)no1. The van der Waals surface area contributed by atoms with Crippen LogP contribution in [0.2, 0.25) is 0 Å². The van der Waals surface area contributed by atoms with Crippen molar-refractivity contribution in [3.8, 4) is 0 Å². The van der Waals surface area contributed by atoms with Gasteiger partial charge >= 0.3 is 0 Å². The number of nitrogens with one attached hydrogen (secondary N) is 1. The first kappa shape index (κ1) is 13.9. The summed E-state index contributed by atoms with van der Waals surface area (Å²) in [6, 6.07) is 7.01. The van der Waals surface area contributed by atoms with E-state index in [-0.39, 0.29) is 5.91 Å². The van der Waals surface area contributed by atoms with Gasteiger partial charge in [0.1, 0.15) is 11.5 Å². The summed E-state index contributed by atoms with van der Waals surface area (Å²) in [6.07, 6.45) is 0. The Bertz CT molecular complexity index is 619. The van der Waals surface area contributed by atoms with E-state index in [0.717, 1.165) is 11.5 Å². The van der Waals surface area contributed by atoms with Crippen LogP contribution in [0.5, 0.6) is 0 Å². The van der Waals surface area contributed by atoms with Crippen LogP contribution in [0.4, 0.5) is 11.4 Å². The van der Waals surface area contributed by atoms with Crippen molar-refractivity contribution in [2.45, 2.75) is 13.5 Å². The molecule has 3 N–H and O–H groups in total. The lowest BCUT2D eigenvalue weighted by Gasteiger charge is -2.15. The first-order chi connectivity index (χ1) is 9.47. The Morgan fingerprint density at radius 3 is 2.75 bits per heavy atom. The van der Waals surface area contributed by atoms with Crippen molar-refractivity contribution in [2.75, 3.05) is 25.1 Å². The molecule has 0 radical (unpaired) electrons. The molecular formula is C14H18N4O2. The second kappa shape index (κ2) is 5.64. The van der Waals surface area contributed by atoms with Gasteiger partial charge in [-0.3, -0.25) is 4.79 Å². The Kier molecular flexibility index (Phi) is 3.93. The van der Waals surface area contributed by atoms with Gasteiger partial charge < -0.3 is 20.5 Å². The molecule has 2 aromatic rings. The number of hydrogen-bond acceptors (Lipinski definition) is 5. The van der Waals surface area contributed by atoms with Crippen LogP contribution in [0.3, 0.4) is 0 Å². The average Bonchev–Trinajstić information content (AvgIpc) is 2.81. The molecule has 0 saturated heterocycles. The van der Waals surface area contributed by atoms with E-state index in [0.29, 0.717) is 23.5 Å². The van der Waals surface area contributed by atoms with E-state index in [1.54, 1.807) is 32.3 Å². The molecule has 0 fully saturated rings. The fourth-order valence-electron chi connectivity index (χ4n) is 1.82. The van der Waals surface area contributed by atoms with E-state index < -0.39 is 0 Å². The van der Waals surface area contributed by atoms with E-state index in [9.17, 15) is 4.79 Å². The molecule has 0 saturated carbocycles. The summed E-state index contributed by atoms with van der Waals surface area (Å²) in [5.74, 6) is 0.669. The van der Waals surface area contributed by atoms with Crippen LogP contribution in [-0.4, -0.2) is 30.1 Å². The Morgan fingerprint density at radius 1 is 1.40 bits per heavy atom. The maximum absolute atomic E-state index is 12.1. The molecule has 0 bridgehead atoms. The van der Waals surface area contributed by atoms with Crippen molar-refractivity contribution in [3.63, 3.8) is 0 Å². The number of anilines is 2. The molecule has 106 valence electrons. The molecule has 0 aliphatic carbocycles. The molecule has 1 amide bonds. The van der Waals surface area contributed by atoms with Gasteiger partial charge in [-0.1, -0.05) is 5.16 Å². The summed E-state index contributed by atoms with van der Waals surface area (Å²) in [5, 5.41) is 7.07. The lowest BCUT2D eigenvalue weighted by Crippen LogP contribution is -2.23. The molecule has 1 heterocycles. The third-order valence-electron chi connectivity index (χ3n) is 2.82. The Labute approximate surface area is 117 Å². The lowest BCUT2D eigenvalue weighted by atomic mass is 10.1. The minimum absolute atomic E-state index is 0.0798. The maximum Gasteiger partial charge on any atom is 0.255 e. The van der Waals surface area contributed by atoms with Gasteiger partial charge in [0.2, 0.25) is 0 Å². The largest absolute Gasteiger partial charge is 0.399 e. The standard InChI is InChI=1S/C14H18N4O2/c1-9-6-11(17-20-9)8-16-13-7-10(15)4-5-12(13)14(19)18(2)3/h4-7,16H,8,15H2,1-3H3. The summed E-state index contributed by atoms with van der Waals surface area (Å²) in [5.41, 5.74) is 8.40. The van der Waals surface area contributed by atoms with Crippen LogP contribution in [0.25, 0.3) is 0 Å². The number of rotatable bonds is 4. The number of hydrogen-bond donors (Lipinski definition) is 2. The first-order valence-corrected chi connectivity index (χ1v) is 6.24. The average molecular weight is 274 g/mol. The second-order valence-electron chi connectivity index (χ2n) is 4.79. The van der Waals surface area contributed by atoms with Gasteiger partial charge in [0, 0.05) is 31.5 Å². The molecule has 6 heteroatoms. The Morgan fingerprint density at radius 2 is 2.15 bits per heavy atom. The van der Waals surface area contributed by atoms with Gasteiger partial charge in [0.15, 0.2) is 0 Å². The quantitative estimate of drug-likeness (QED) is 0.832. The predicted octanol–water partition coefficient (Wildman–Crippen LogP) is 1.88. The summed E-state index contributed by atoms with van der Waals surface area (Å²) in [6.45, 7) is 2.30. The number of aryl methyl sites for hydroxylation is 1. The molecule has 20 heavy (non-hydrogen) atoms. The zero-order valence-corrected chi connectivity index (χ0v) is 11.8. The number of nitrogens with zero attached hydrogens (tertiary/aromatic N) is 2. The highest BCUT2D eigenvalue weighted by Crippen LogP contribution is 2.21. The molecule has 1 aromatic carbocycles. The minimum atomic E-state index is -0.0798. The highest BCUT2D eigenvalue weighted by molar-refractivity contribution is 5.99. The number of nitrogen functional groups attached to an aromatic ring is 1. The fraction of sp³-hybridized carbons (Fsp3) is 0.286. The molecule has 0 atom stereocenters. The van der Waals surface area contributed by atoms with Crippen molar-refractivity contribution >= 4 is 17.3 Å². The molecule has 1 aromatic heterocycles. The Hall–Kier alpha value is -2.50. The van der Waals surface area contributed by atoms with Gasteiger partial charge in [-0.05, 0) is 25.1 Å². The summed E-state index contributed by atoms with van der Waals surface area (Å²) >= 11 is 0. The molecule has 0 aliphatic rings. The van der Waals surface area contributed by atoms with Crippen molar-refractivity contribution in [1.29, 1.82) is 0 Å². The molecule has 6 nitrogen and oxygen atoms in total. The smallest absolute Gasteiger partial charge is 0.255 e. The van der Waals surface area contributed by atoms with E-state index in [2.05, 4.69) is 10.5 Å². The van der Waals surface area contributed by atoms with E-state index in [1.165, 1.54) is 4.90 Å². The Balaban J connectivity index is 2.21. The van der Waals surface area contributed by atoms with Gasteiger partial charge in [0.05, 0.1) is 12.1 Å². The van der Waals surface area contributed by atoms with E-state index >= 15 is 0 Å². The van der Waals surface area contributed by atoms with Crippen LogP contribution in [-0.2, 0) is 6.54 Å². The molecule has 2 rings (SSSR count). The number of carbonyl (C=O) groups excluding carboxylic acids is 1. The fourth-order valence-corrected chi connectivity index (χ4v) is 1.82. The first-order valence-electron chi connectivity index (χ1n) is 6.24. The number of nitrogens with two attached hydrogens (primary N) is 1. The van der Waals surface area contributed by atoms with Gasteiger partial charge in [0.25, 0.3) is 5.91 Å². The highest BCUT2D eigenvalue weighted by Gasteiger charge is 2.13. The van der Waals surface area contributed by atoms with Gasteiger partial charge in [-0.2, -0.15) is 0 Å². The number of amides is 1. The maximum atomic E-state index is 12.1. The lowest BCUT2D eigenvalue weighted by molar-refractivity contribution is 0.0828. The third-order valence-corrected chi connectivity index (χ3v) is 2.82.